The quantitative estimate of drug-likeness (QED) is 0.696. The van der Waals surface area contributed by atoms with Crippen LogP contribution in [0.15, 0.2) is 17.2 Å². The summed E-state index contributed by atoms with van der Waals surface area (Å²) in [5.41, 5.74) is 0.0675. The van der Waals surface area contributed by atoms with Gasteiger partial charge in [0.05, 0.1) is 6.61 Å². The predicted octanol–water partition coefficient (Wildman–Crippen LogP) is 0.0291. The van der Waals surface area contributed by atoms with Gasteiger partial charge >= 0.3 is 5.97 Å². The molecule has 1 amide bonds. The minimum absolute atomic E-state index is 0.0284. The summed E-state index contributed by atoms with van der Waals surface area (Å²) >= 11 is 0. The van der Waals surface area contributed by atoms with E-state index in [1.165, 1.54) is 35.3 Å². The molecule has 0 radical (unpaired) electrons. The predicted molar refractivity (Wildman–Crippen MR) is 88.8 cm³/mol. The summed E-state index contributed by atoms with van der Waals surface area (Å²) in [6, 6.07) is 0.0555. The van der Waals surface area contributed by atoms with Crippen LogP contribution in [0.3, 0.4) is 0 Å². The average Bonchev–Trinajstić information content (AvgIpc) is 2.98. The number of methoxy groups -OCH3 is 1. The molecule has 1 unspecified atom stereocenters. The number of carboxylic acids is 1. The number of amides is 1. The zero-order valence-corrected chi connectivity index (χ0v) is 15.1. The Morgan fingerprint density at radius 1 is 1.32 bits per heavy atom. The van der Waals surface area contributed by atoms with Gasteiger partial charge in [0.15, 0.2) is 6.04 Å². The molecule has 9 nitrogen and oxygen atoms in total. The number of nitrogens with one attached hydrogen (secondary N) is 1. The van der Waals surface area contributed by atoms with Gasteiger partial charge in [-0.2, -0.15) is 4.31 Å². The summed E-state index contributed by atoms with van der Waals surface area (Å²) in [4.78, 5) is 23.4. The highest BCUT2D eigenvalue weighted by Gasteiger charge is 2.29. The first-order valence-electron chi connectivity index (χ1n) is 7.96. The molecule has 0 aromatic carbocycles. The Morgan fingerprint density at radius 2 is 1.96 bits per heavy atom. The first-order valence-corrected chi connectivity index (χ1v) is 9.40. The van der Waals surface area contributed by atoms with E-state index >= 15 is 0 Å². The van der Waals surface area contributed by atoms with Gasteiger partial charge in [0.2, 0.25) is 10.0 Å². The SMILES string of the molecule is COCC(NC(=O)c1cc(S(=O)(=O)N2CCCCC2)cn1C)C(=O)O. The summed E-state index contributed by atoms with van der Waals surface area (Å²) in [6.07, 6.45) is 4.00. The largest absolute Gasteiger partial charge is 0.480 e. The number of carboxylic acid groups (broad SMARTS) is 1. The van der Waals surface area contributed by atoms with Crippen molar-refractivity contribution >= 4 is 21.9 Å². The van der Waals surface area contributed by atoms with Gasteiger partial charge in [0.25, 0.3) is 5.91 Å². The van der Waals surface area contributed by atoms with Gasteiger partial charge in [-0.15, -0.1) is 0 Å². The van der Waals surface area contributed by atoms with E-state index in [-0.39, 0.29) is 17.2 Å². The van der Waals surface area contributed by atoms with Crippen molar-refractivity contribution in [2.45, 2.75) is 30.2 Å². The maximum Gasteiger partial charge on any atom is 0.328 e. The van der Waals surface area contributed by atoms with Crippen LogP contribution in [-0.4, -0.2) is 67.1 Å². The Balaban J connectivity index is 2.21. The number of hydrogen-bond acceptors (Lipinski definition) is 5. The second-order valence-electron chi connectivity index (χ2n) is 5.96. The topological polar surface area (TPSA) is 118 Å². The van der Waals surface area contributed by atoms with Crippen molar-refractivity contribution in [2.75, 3.05) is 26.8 Å². The molecule has 1 aromatic heterocycles. The smallest absolute Gasteiger partial charge is 0.328 e. The Bertz CT molecular complexity index is 736. The fourth-order valence-electron chi connectivity index (χ4n) is 2.73. The lowest BCUT2D eigenvalue weighted by atomic mass is 10.2. The molecule has 1 aliphatic heterocycles. The van der Waals surface area contributed by atoms with E-state index in [1.807, 2.05) is 0 Å². The molecule has 0 aliphatic carbocycles. The first kappa shape index (κ1) is 19.4. The molecule has 0 saturated carbocycles. The highest BCUT2D eigenvalue weighted by atomic mass is 32.2. The molecule has 10 heteroatoms. The van der Waals surface area contributed by atoms with Crippen molar-refractivity contribution < 1.29 is 27.9 Å². The molecule has 1 aliphatic rings. The molecule has 1 aromatic rings. The van der Waals surface area contributed by atoms with Gasteiger partial charge < -0.3 is 19.7 Å². The normalized spacial score (nSPS) is 17.2. The van der Waals surface area contributed by atoms with E-state index in [0.29, 0.717) is 13.1 Å². The number of aryl methyl sites for hydroxylation is 1. The molecule has 0 bridgehead atoms. The van der Waals surface area contributed by atoms with Gasteiger partial charge in [0.1, 0.15) is 10.6 Å². The lowest BCUT2D eigenvalue weighted by Crippen LogP contribution is -2.44. The third kappa shape index (κ3) is 4.39. The van der Waals surface area contributed by atoms with Gasteiger partial charge in [-0.05, 0) is 18.9 Å². The minimum atomic E-state index is -3.66. The fourth-order valence-corrected chi connectivity index (χ4v) is 4.32. The van der Waals surface area contributed by atoms with Gasteiger partial charge in [-0.25, -0.2) is 13.2 Å². The second kappa shape index (κ2) is 7.98. The van der Waals surface area contributed by atoms with Crippen molar-refractivity contribution in [3.63, 3.8) is 0 Å². The Kier molecular flexibility index (Phi) is 6.20. The van der Waals surface area contributed by atoms with Gasteiger partial charge in [-0.1, -0.05) is 6.42 Å². The van der Waals surface area contributed by atoms with E-state index in [2.05, 4.69) is 5.32 Å². The molecule has 2 heterocycles. The number of piperidine rings is 1. The molecule has 1 saturated heterocycles. The van der Waals surface area contributed by atoms with Crippen LogP contribution >= 0.6 is 0 Å². The van der Waals surface area contributed by atoms with Crippen LogP contribution in [0.2, 0.25) is 0 Å². The summed E-state index contributed by atoms with van der Waals surface area (Å²) < 4.78 is 32.9. The fraction of sp³-hybridized carbons (Fsp3) is 0.600. The zero-order chi connectivity index (χ0) is 18.6. The summed E-state index contributed by atoms with van der Waals surface area (Å²) in [7, 11) is -0.796. The van der Waals surface area contributed by atoms with E-state index in [9.17, 15) is 18.0 Å². The van der Waals surface area contributed by atoms with E-state index in [0.717, 1.165) is 19.3 Å². The Morgan fingerprint density at radius 3 is 2.52 bits per heavy atom. The molecule has 1 atom stereocenters. The highest BCUT2D eigenvalue weighted by molar-refractivity contribution is 7.89. The standard InChI is InChI=1S/C15H23N3O6S/c1-17-9-11(25(22,23)18-6-4-3-5-7-18)8-13(17)14(19)16-12(10-24-2)15(20)21/h8-9,12H,3-7,10H2,1-2H3,(H,16,19)(H,20,21). The number of nitrogens with zero attached hydrogens (tertiary/aromatic N) is 2. The summed E-state index contributed by atoms with van der Waals surface area (Å²) in [5.74, 6) is -1.90. The zero-order valence-electron chi connectivity index (χ0n) is 14.3. The maximum atomic E-state index is 12.7. The molecule has 1 fully saturated rings. The van der Waals surface area contributed by atoms with Crippen molar-refractivity contribution in [3.8, 4) is 0 Å². The number of ether oxygens (including phenoxy) is 1. The molecular formula is C15H23N3O6S. The molecule has 25 heavy (non-hydrogen) atoms. The van der Waals surface area contributed by atoms with Crippen molar-refractivity contribution in [1.29, 1.82) is 0 Å². The number of carbonyl (C=O) groups excluding carboxylic acids is 1. The van der Waals surface area contributed by atoms with E-state index in [4.69, 9.17) is 9.84 Å². The Labute approximate surface area is 146 Å². The van der Waals surface area contributed by atoms with Crippen LogP contribution in [0.5, 0.6) is 0 Å². The number of rotatable bonds is 7. The van der Waals surface area contributed by atoms with Crippen LogP contribution in [0.25, 0.3) is 0 Å². The lowest BCUT2D eigenvalue weighted by Gasteiger charge is -2.25. The van der Waals surface area contributed by atoms with E-state index < -0.39 is 27.9 Å². The van der Waals surface area contributed by atoms with Crippen LogP contribution < -0.4 is 5.32 Å². The van der Waals surface area contributed by atoms with Gasteiger partial charge in [-0.3, -0.25) is 4.79 Å². The van der Waals surface area contributed by atoms with Gasteiger partial charge in [0, 0.05) is 33.4 Å². The lowest BCUT2D eigenvalue weighted by molar-refractivity contribution is -0.140. The van der Waals surface area contributed by atoms with Crippen LogP contribution in [0, 0.1) is 0 Å². The third-order valence-corrected chi connectivity index (χ3v) is 5.97. The van der Waals surface area contributed by atoms with Crippen molar-refractivity contribution in [3.05, 3.63) is 18.0 Å². The Hall–Kier alpha value is -1.91. The second-order valence-corrected chi connectivity index (χ2v) is 7.89. The molecular weight excluding hydrogens is 350 g/mol. The maximum absolute atomic E-state index is 12.7. The average molecular weight is 373 g/mol. The molecule has 2 rings (SSSR count). The third-order valence-electron chi connectivity index (χ3n) is 4.10. The van der Waals surface area contributed by atoms with Crippen LogP contribution in [0.4, 0.5) is 0 Å². The summed E-state index contributed by atoms with van der Waals surface area (Å²) in [6.45, 7) is 0.742. The first-order chi connectivity index (χ1) is 11.8. The molecule has 2 N–H and O–H groups in total. The van der Waals surface area contributed by atoms with Crippen LogP contribution in [0.1, 0.15) is 29.8 Å². The highest BCUT2D eigenvalue weighted by Crippen LogP contribution is 2.22. The number of carbonyl (C=O) groups is 2. The van der Waals surface area contributed by atoms with Crippen molar-refractivity contribution in [2.24, 2.45) is 7.05 Å². The number of hydrogen-bond donors (Lipinski definition) is 2. The molecule has 140 valence electrons. The van der Waals surface area contributed by atoms with Crippen molar-refractivity contribution in [1.82, 2.24) is 14.2 Å². The number of aliphatic carboxylic acids is 1. The monoisotopic (exact) mass is 373 g/mol. The van der Waals surface area contributed by atoms with E-state index in [1.54, 1.807) is 0 Å². The summed E-state index contributed by atoms with van der Waals surface area (Å²) in [5, 5.41) is 11.4. The number of aromatic nitrogens is 1. The van der Waals surface area contributed by atoms with Crippen LogP contribution in [-0.2, 0) is 26.6 Å². The number of sulfonamides is 1. The molecule has 0 spiro atoms. The minimum Gasteiger partial charge on any atom is -0.480 e.